The lowest BCUT2D eigenvalue weighted by Gasteiger charge is -2.36. The minimum Gasteiger partial charge on any atom is -0.389 e. The molecule has 1 saturated heterocycles. The highest BCUT2D eigenvalue weighted by atomic mass is 35.5. The van der Waals surface area contributed by atoms with Crippen molar-refractivity contribution in [3.05, 3.63) is 34.6 Å². The first-order chi connectivity index (χ1) is 8.50. The van der Waals surface area contributed by atoms with Crippen LogP contribution in [0.2, 0.25) is 5.02 Å². The van der Waals surface area contributed by atoms with Gasteiger partial charge in [-0.25, -0.2) is 4.39 Å². The molecule has 1 heterocycles. The minimum atomic E-state index is -0.931. The summed E-state index contributed by atoms with van der Waals surface area (Å²) in [6, 6.07) is 4.63. The molecule has 0 aliphatic carbocycles. The van der Waals surface area contributed by atoms with Crippen molar-refractivity contribution < 1.29 is 9.50 Å². The lowest BCUT2D eigenvalue weighted by atomic mass is 9.79. The fourth-order valence-corrected chi connectivity index (χ4v) is 2.82. The number of aliphatic hydroxyl groups is 1. The van der Waals surface area contributed by atoms with E-state index < -0.39 is 5.60 Å². The predicted octanol–water partition coefficient (Wildman–Crippen LogP) is 2.77. The van der Waals surface area contributed by atoms with E-state index in [9.17, 15) is 9.50 Å². The molecule has 0 amide bonds. The van der Waals surface area contributed by atoms with E-state index in [1.165, 1.54) is 6.07 Å². The van der Waals surface area contributed by atoms with Gasteiger partial charge >= 0.3 is 0 Å². The van der Waals surface area contributed by atoms with Crippen LogP contribution in [0, 0.1) is 11.7 Å². The Bertz CT molecular complexity index is 396. The summed E-state index contributed by atoms with van der Waals surface area (Å²) in [6.07, 6.45) is 2.27. The number of nitrogens with one attached hydrogen (secondary N) is 1. The number of hydrogen-bond donors (Lipinski definition) is 2. The third-order valence-corrected chi connectivity index (χ3v) is 4.13. The second-order valence-corrected chi connectivity index (χ2v) is 5.68. The van der Waals surface area contributed by atoms with Crippen LogP contribution in [0.1, 0.15) is 25.3 Å². The van der Waals surface area contributed by atoms with E-state index in [0.717, 1.165) is 25.9 Å². The molecule has 0 aromatic heterocycles. The molecule has 2 nitrogen and oxygen atoms in total. The van der Waals surface area contributed by atoms with Gasteiger partial charge in [0.25, 0.3) is 0 Å². The fourth-order valence-electron chi connectivity index (χ4n) is 2.59. The summed E-state index contributed by atoms with van der Waals surface area (Å²) in [4.78, 5) is 0. The van der Waals surface area contributed by atoms with Gasteiger partial charge in [0.05, 0.1) is 5.60 Å². The fraction of sp³-hybridized carbons (Fsp3) is 0.571. The molecule has 0 spiro atoms. The van der Waals surface area contributed by atoms with Crippen molar-refractivity contribution in [1.82, 2.24) is 5.32 Å². The van der Waals surface area contributed by atoms with E-state index in [4.69, 9.17) is 11.6 Å². The molecule has 1 aromatic carbocycles. The average Bonchev–Trinajstić information content (AvgIpc) is 2.35. The number of hydrogen-bond acceptors (Lipinski definition) is 2. The van der Waals surface area contributed by atoms with Gasteiger partial charge in [0.1, 0.15) is 5.82 Å². The summed E-state index contributed by atoms with van der Waals surface area (Å²) >= 11 is 6.01. The van der Waals surface area contributed by atoms with Gasteiger partial charge in [0, 0.05) is 29.5 Å². The third-order valence-electron chi connectivity index (χ3n) is 3.77. The molecular formula is C14H19ClFNO. The molecule has 0 saturated carbocycles. The smallest absolute Gasteiger partial charge is 0.127 e. The molecule has 100 valence electrons. The van der Waals surface area contributed by atoms with Crippen molar-refractivity contribution >= 4 is 11.6 Å². The minimum absolute atomic E-state index is 0.141. The van der Waals surface area contributed by atoms with E-state index in [0.29, 0.717) is 10.6 Å². The Morgan fingerprint density at radius 1 is 1.56 bits per heavy atom. The monoisotopic (exact) mass is 271 g/mol. The lowest BCUT2D eigenvalue weighted by Crippen LogP contribution is -2.45. The zero-order chi connectivity index (χ0) is 13.2. The number of benzene rings is 1. The van der Waals surface area contributed by atoms with E-state index in [1.54, 1.807) is 19.1 Å². The summed E-state index contributed by atoms with van der Waals surface area (Å²) in [5, 5.41) is 14.2. The van der Waals surface area contributed by atoms with Crippen LogP contribution in [0.5, 0.6) is 0 Å². The summed E-state index contributed by atoms with van der Waals surface area (Å²) in [5.74, 6) is -0.200. The number of piperidine rings is 1. The van der Waals surface area contributed by atoms with E-state index in [1.807, 2.05) is 0 Å². The summed E-state index contributed by atoms with van der Waals surface area (Å²) in [5.41, 5.74) is -0.519. The first-order valence-electron chi connectivity index (χ1n) is 6.36. The number of rotatable bonds is 3. The van der Waals surface area contributed by atoms with Crippen LogP contribution >= 0.6 is 11.6 Å². The van der Waals surface area contributed by atoms with Crippen molar-refractivity contribution in [3.8, 4) is 0 Å². The molecule has 1 aliphatic rings. The van der Waals surface area contributed by atoms with Crippen LogP contribution in [0.3, 0.4) is 0 Å². The van der Waals surface area contributed by atoms with Gasteiger partial charge < -0.3 is 10.4 Å². The molecule has 2 unspecified atom stereocenters. The first kappa shape index (κ1) is 13.8. The SMILES string of the molecule is CC(O)(Cc1c(F)cccc1Cl)C1CCCNC1. The van der Waals surface area contributed by atoms with Gasteiger partial charge in [-0.3, -0.25) is 0 Å². The first-order valence-corrected chi connectivity index (χ1v) is 6.74. The van der Waals surface area contributed by atoms with Crippen LogP contribution in [0.15, 0.2) is 18.2 Å². The van der Waals surface area contributed by atoms with Crippen molar-refractivity contribution in [2.45, 2.75) is 31.8 Å². The van der Waals surface area contributed by atoms with Gasteiger partial charge in [-0.15, -0.1) is 0 Å². The Hall–Kier alpha value is -0.640. The maximum atomic E-state index is 13.7. The highest BCUT2D eigenvalue weighted by Crippen LogP contribution is 2.31. The largest absolute Gasteiger partial charge is 0.389 e. The standard InChI is InChI=1S/C14H19ClFNO/c1-14(18,10-4-3-7-17-9-10)8-11-12(15)5-2-6-13(11)16/h2,5-6,10,17-18H,3-4,7-9H2,1H3. The molecule has 4 heteroatoms. The Balaban J connectivity index is 2.16. The Morgan fingerprint density at radius 2 is 2.33 bits per heavy atom. The van der Waals surface area contributed by atoms with Crippen LogP contribution in [-0.2, 0) is 6.42 Å². The van der Waals surface area contributed by atoms with E-state index in [2.05, 4.69) is 5.32 Å². The second-order valence-electron chi connectivity index (χ2n) is 5.28. The topological polar surface area (TPSA) is 32.3 Å². The molecule has 2 rings (SSSR count). The Morgan fingerprint density at radius 3 is 2.94 bits per heavy atom. The van der Waals surface area contributed by atoms with Gasteiger partial charge in [-0.2, -0.15) is 0 Å². The zero-order valence-corrected chi connectivity index (χ0v) is 11.3. The molecule has 0 radical (unpaired) electrons. The maximum absolute atomic E-state index is 13.7. The quantitative estimate of drug-likeness (QED) is 0.886. The van der Waals surface area contributed by atoms with Crippen molar-refractivity contribution in [3.63, 3.8) is 0 Å². The van der Waals surface area contributed by atoms with Gasteiger partial charge in [-0.1, -0.05) is 17.7 Å². The van der Waals surface area contributed by atoms with Gasteiger partial charge in [-0.05, 0) is 38.4 Å². The number of halogens is 2. The Kier molecular flexibility index (Phi) is 4.25. The lowest BCUT2D eigenvalue weighted by molar-refractivity contribution is -0.0108. The zero-order valence-electron chi connectivity index (χ0n) is 10.5. The van der Waals surface area contributed by atoms with Crippen molar-refractivity contribution in [1.29, 1.82) is 0 Å². The highest BCUT2D eigenvalue weighted by Gasteiger charge is 2.34. The molecule has 0 bridgehead atoms. The summed E-state index contributed by atoms with van der Waals surface area (Å²) in [7, 11) is 0. The average molecular weight is 272 g/mol. The molecule has 1 aromatic rings. The molecule has 1 aliphatic heterocycles. The third kappa shape index (κ3) is 3.02. The Labute approximate surface area is 112 Å². The maximum Gasteiger partial charge on any atom is 0.127 e. The van der Waals surface area contributed by atoms with Crippen LogP contribution in [0.25, 0.3) is 0 Å². The van der Waals surface area contributed by atoms with Crippen molar-refractivity contribution in [2.24, 2.45) is 5.92 Å². The molecule has 2 N–H and O–H groups in total. The van der Waals surface area contributed by atoms with Gasteiger partial charge in [0.15, 0.2) is 0 Å². The van der Waals surface area contributed by atoms with E-state index >= 15 is 0 Å². The van der Waals surface area contributed by atoms with Crippen molar-refractivity contribution in [2.75, 3.05) is 13.1 Å². The summed E-state index contributed by atoms with van der Waals surface area (Å²) in [6.45, 7) is 3.54. The van der Waals surface area contributed by atoms with Gasteiger partial charge in [0.2, 0.25) is 0 Å². The van der Waals surface area contributed by atoms with Crippen LogP contribution < -0.4 is 5.32 Å². The van der Waals surface area contributed by atoms with Crippen LogP contribution in [0.4, 0.5) is 4.39 Å². The summed E-state index contributed by atoms with van der Waals surface area (Å²) < 4.78 is 13.7. The predicted molar refractivity (Wildman–Crippen MR) is 71.3 cm³/mol. The molecular weight excluding hydrogens is 253 g/mol. The van der Waals surface area contributed by atoms with Crippen LogP contribution in [-0.4, -0.2) is 23.8 Å². The molecule has 1 fully saturated rings. The highest BCUT2D eigenvalue weighted by molar-refractivity contribution is 6.31. The second kappa shape index (κ2) is 5.55. The molecule has 2 atom stereocenters. The normalized spacial score (nSPS) is 23.7. The molecule has 18 heavy (non-hydrogen) atoms. The van der Waals surface area contributed by atoms with E-state index in [-0.39, 0.29) is 18.2 Å².